The van der Waals surface area contributed by atoms with Crippen LogP contribution in [0.1, 0.15) is 74.0 Å². The van der Waals surface area contributed by atoms with Crippen LogP contribution in [0.15, 0.2) is 65.7 Å². The van der Waals surface area contributed by atoms with Crippen molar-refractivity contribution in [2.45, 2.75) is 70.7 Å². The summed E-state index contributed by atoms with van der Waals surface area (Å²) in [5, 5.41) is 14.6. The normalized spacial score (nSPS) is 17.0. The highest BCUT2D eigenvalue weighted by atomic mass is 35.5. The number of likely N-dealkylation sites (tertiary alicyclic amines) is 1. The van der Waals surface area contributed by atoms with E-state index in [0.29, 0.717) is 28.6 Å². The van der Waals surface area contributed by atoms with E-state index in [2.05, 4.69) is 15.2 Å². The Morgan fingerprint density at radius 1 is 1.05 bits per heavy atom. The van der Waals surface area contributed by atoms with Crippen LogP contribution in [0.3, 0.4) is 0 Å². The summed E-state index contributed by atoms with van der Waals surface area (Å²) in [7, 11) is 0. The number of nitrogens with two attached hydrogens (primary N) is 1. The highest BCUT2D eigenvalue weighted by Crippen LogP contribution is 2.34. The predicted octanol–water partition coefficient (Wildman–Crippen LogP) is 5.84. The second-order valence-electron chi connectivity index (χ2n) is 12.1. The second-order valence-corrected chi connectivity index (χ2v) is 12.5. The number of nitrogens with one attached hydrogen (secondary N) is 1. The number of carbonyl (C=O) groups is 2. The molecule has 0 radical (unpaired) electrons. The Labute approximate surface area is 264 Å². The van der Waals surface area contributed by atoms with Crippen molar-refractivity contribution in [3.63, 3.8) is 0 Å². The number of aliphatic hydroxyl groups is 1. The maximum absolute atomic E-state index is 13.2. The number of ketones is 1. The number of rotatable bonds is 12. The molecule has 2 unspecified atom stereocenters. The van der Waals surface area contributed by atoms with Crippen LogP contribution < -0.4 is 15.8 Å². The van der Waals surface area contributed by atoms with Gasteiger partial charge in [-0.2, -0.15) is 0 Å². The number of hydrogen-bond donors (Lipinski definition) is 3. The summed E-state index contributed by atoms with van der Waals surface area (Å²) in [6.07, 6.45) is 3.27. The van der Waals surface area contributed by atoms with E-state index in [0.717, 1.165) is 61.2 Å². The number of carbonyl (C=O) groups excluding carboxylic acids is 2. The molecule has 2 atom stereocenters. The number of aliphatic hydroxyl groups excluding tert-OH is 1. The van der Waals surface area contributed by atoms with E-state index in [4.69, 9.17) is 22.1 Å². The summed E-state index contributed by atoms with van der Waals surface area (Å²) in [6, 6.07) is 17.3. The Balaban J connectivity index is 1.28. The Hall–Kier alpha value is -3.72. The Morgan fingerprint density at radius 3 is 2.34 bits per heavy atom. The Kier molecular flexibility index (Phi) is 10.0. The maximum Gasteiger partial charge on any atom is 0.292 e. The summed E-state index contributed by atoms with van der Waals surface area (Å²) in [4.78, 5) is 33.2. The van der Waals surface area contributed by atoms with Gasteiger partial charge < -0.3 is 25.8 Å². The number of benzene rings is 3. The van der Waals surface area contributed by atoms with Crippen molar-refractivity contribution < 1.29 is 19.4 Å². The molecule has 1 saturated heterocycles. The summed E-state index contributed by atoms with van der Waals surface area (Å²) in [5.41, 5.74) is 11.3. The molecule has 0 aromatic heterocycles. The number of aliphatic imine (C=N–C) groups is 1. The highest BCUT2D eigenvalue weighted by Gasteiger charge is 2.30. The Bertz CT molecular complexity index is 1530. The van der Waals surface area contributed by atoms with Crippen LogP contribution in [-0.2, 0) is 4.79 Å². The van der Waals surface area contributed by atoms with Crippen LogP contribution >= 0.6 is 11.6 Å². The molecule has 0 spiro atoms. The van der Waals surface area contributed by atoms with E-state index in [-0.39, 0.29) is 17.7 Å². The van der Waals surface area contributed by atoms with Gasteiger partial charge in [0.2, 0.25) is 5.78 Å². The van der Waals surface area contributed by atoms with Gasteiger partial charge in [0.05, 0.1) is 17.2 Å². The van der Waals surface area contributed by atoms with Crippen molar-refractivity contribution in [3.05, 3.63) is 82.4 Å². The smallest absolute Gasteiger partial charge is 0.292 e. The average Bonchev–Trinajstić information content (AvgIpc) is 3.67. The quantitative estimate of drug-likeness (QED) is 0.102. The van der Waals surface area contributed by atoms with E-state index in [1.807, 2.05) is 39.0 Å². The average molecular weight is 617 g/mol. The topological polar surface area (TPSA) is 117 Å². The molecule has 3 aromatic carbocycles. The van der Waals surface area contributed by atoms with Crippen LogP contribution in [0, 0.1) is 0 Å². The van der Waals surface area contributed by atoms with E-state index >= 15 is 0 Å². The van der Waals surface area contributed by atoms with E-state index < -0.39 is 23.8 Å². The molecule has 1 heterocycles. The van der Waals surface area contributed by atoms with Crippen LogP contribution in [0.2, 0.25) is 5.02 Å². The lowest BCUT2D eigenvalue weighted by Crippen LogP contribution is -2.48. The number of hydrogen-bond acceptors (Lipinski definition) is 7. The van der Waals surface area contributed by atoms with Crippen LogP contribution in [0.25, 0.3) is 11.1 Å². The molecule has 1 amide bonds. The fraction of sp³-hybridized carbons (Fsp3) is 0.400. The molecule has 8 nitrogen and oxygen atoms in total. The molecule has 232 valence electrons. The van der Waals surface area contributed by atoms with Crippen LogP contribution in [-0.4, -0.2) is 65.2 Å². The third-order valence-electron chi connectivity index (χ3n) is 8.05. The van der Waals surface area contributed by atoms with Gasteiger partial charge >= 0.3 is 0 Å². The molecule has 9 heteroatoms. The summed E-state index contributed by atoms with van der Waals surface area (Å²) >= 11 is 6.46. The van der Waals surface area contributed by atoms with Gasteiger partial charge in [-0.1, -0.05) is 54.1 Å². The first-order valence-electron chi connectivity index (χ1n) is 15.4. The zero-order valence-electron chi connectivity index (χ0n) is 25.6. The zero-order valence-corrected chi connectivity index (χ0v) is 26.3. The molecule has 0 bridgehead atoms. The number of Topliss-reactive ketones (excluding diaryl/α,β-unsaturated/α-hetero) is 1. The minimum absolute atomic E-state index is 0.173. The molecular formula is C35H41ClN4O4. The van der Waals surface area contributed by atoms with Crippen molar-refractivity contribution in [2.24, 2.45) is 4.99 Å². The number of nitrogens with zero attached hydrogens (tertiary/aromatic N) is 2. The minimum atomic E-state index is -1.06. The van der Waals surface area contributed by atoms with Crippen LogP contribution in [0.5, 0.6) is 5.75 Å². The first-order valence-corrected chi connectivity index (χ1v) is 15.7. The van der Waals surface area contributed by atoms with Gasteiger partial charge in [-0.15, -0.1) is 0 Å². The van der Waals surface area contributed by atoms with E-state index in [1.54, 1.807) is 42.5 Å². The van der Waals surface area contributed by atoms with Gasteiger partial charge in [0, 0.05) is 35.1 Å². The van der Waals surface area contributed by atoms with Crippen LogP contribution in [0.4, 0.5) is 5.69 Å². The fourth-order valence-electron chi connectivity index (χ4n) is 5.57. The lowest BCUT2D eigenvalue weighted by atomic mass is 9.98. The van der Waals surface area contributed by atoms with Crippen molar-refractivity contribution >= 4 is 34.7 Å². The summed E-state index contributed by atoms with van der Waals surface area (Å²) < 4.78 is 5.83. The number of nitrogen functional groups attached to an aromatic ring is 1. The summed E-state index contributed by atoms with van der Waals surface area (Å²) in [5.74, 6) is -0.858. The fourth-order valence-corrected chi connectivity index (χ4v) is 5.80. The zero-order chi connectivity index (χ0) is 31.4. The molecule has 44 heavy (non-hydrogen) atoms. The third kappa shape index (κ3) is 7.86. The SMILES string of the molecule is CC(=NC(C)C)c1ccc(-c2ccc(C(=O)C(=O)NC(CN3CCCC3)C(O)c3ccc(OC4CC4)c(Cl)c3)cc2)cc1N. The number of halogens is 1. The van der Waals surface area contributed by atoms with Gasteiger partial charge in [-0.3, -0.25) is 14.6 Å². The lowest BCUT2D eigenvalue weighted by Gasteiger charge is -2.28. The molecule has 3 aromatic rings. The van der Waals surface area contributed by atoms with Crippen molar-refractivity contribution in [2.75, 3.05) is 25.4 Å². The van der Waals surface area contributed by atoms with Gasteiger partial charge in [0.25, 0.3) is 5.91 Å². The largest absolute Gasteiger partial charge is 0.489 e. The van der Waals surface area contributed by atoms with Crippen molar-refractivity contribution in [1.82, 2.24) is 10.2 Å². The lowest BCUT2D eigenvalue weighted by molar-refractivity contribution is -0.118. The van der Waals surface area contributed by atoms with Crippen molar-refractivity contribution in [1.29, 1.82) is 0 Å². The molecule has 4 N–H and O–H groups in total. The van der Waals surface area contributed by atoms with Gasteiger partial charge in [0.1, 0.15) is 11.9 Å². The first kappa shape index (κ1) is 31.7. The van der Waals surface area contributed by atoms with Gasteiger partial charge in [0.15, 0.2) is 0 Å². The molecule has 2 fully saturated rings. The third-order valence-corrected chi connectivity index (χ3v) is 8.34. The molecular weight excluding hydrogens is 576 g/mol. The van der Waals surface area contributed by atoms with E-state index in [9.17, 15) is 14.7 Å². The van der Waals surface area contributed by atoms with Gasteiger partial charge in [-0.05, 0) is 94.4 Å². The standard InChI is InChI=1S/C35H41ClN4O4/c1-21(2)38-22(3)28-14-10-25(19-30(28)37)23-6-8-24(9-7-23)34(42)35(43)39-31(20-40-16-4-5-17-40)33(41)26-11-15-32(29(36)18-26)44-27-12-13-27/h6-11,14-15,18-19,21,27,31,33,41H,4-5,12-13,16-17,20,37H2,1-3H3,(H,39,43). The molecule has 2 aliphatic rings. The number of ether oxygens (including phenoxy) is 1. The number of anilines is 1. The molecule has 1 aliphatic carbocycles. The first-order chi connectivity index (χ1) is 21.1. The van der Waals surface area contributed by atoms with E-state index in [1.165, 1.54) is 0 Å². The maximum atomic E-state index is 13.2. The monoisotopic (exact) mass is 616 g/mol. The molecule has 1 aliphatic heterocycles. The van der Waals surface area contributed by atoms with Crippen molar-refractivity contribution in [3.8, 4) is 16.9 Å². The molecule has 5 rings (SSSR count). The highest BCUT2D eigenvalue weighted by molar-refractivity contribution is 6.42. The summed E-state index contributed by atoms with van der Waals surface area (Å²) in [6.45, 7) is 8.15. The Morgan fingerprint density at radius 2 is 1.73 bits per heavy atom. The predicted molar refractivity (Wildman–Crippen MR) is 176 cm³/mol. The van der Waals surface area contributed by atoms with Gasteiger partial charge in [-0.25, -0.2) is 0 Å². The minimum Gasteiger partial charge on any atom is -0.489 e. The number of amides is 1. The second kappa shape index (κ2) is 13.9. The molecule has 1 saturated carbocycles.